The number of carbonyl (C=O) groups excluding carboxylic acids is 1. The molecule has 1 heterocycles. The Morgan fingerprint density at radius 1 is 1.56 bits per heavy atom. The van der Waals surface area contributed by atoms with E-state index in [-0.39, 0.29) is 11.2 Å². The maximum Gasteiger partial charge on any atom is 0.284 e. The minimum absolute atomic E-state index is 0.00831. The maximum atomic E-state index is 11.2. The molecule has 1 aliphatic carbocycles. The van der Waals surface area contributed by atoms with Crippen molar-refractivity contribution in [2.75, 3.05) is 0 Å². The lowest BCUT2D eigenvalue weighted by atomic mass is 9.75. The topological polar surface area (TPSA) is 76.5 Å². The minimum Gasteiger partial charge on any atom is -0.455 e. The number of hydrogen-bond acceptors (Lipinski definition) is 3. The third-order valence-corrected chi connectivity index (χ3v) is 3.21. The van der Waals surface area contributed by atoms with E-state index in [9.17, 15) is 9.90 Å². The van der Waals surface area contributed by atoms with Gasteiger partial charge in [-0.1, -0.05) is 13.8 Å². The molecule has 0 radical (unpaired) electrons. The molecule has 1 aliphatic rings. The van der Waals surface area contributed by atoms with E-state index < -0.39 is 12.0 Å². The van der Waals surface area contributed by atoms with Crippen LogP contribution in [0.25, 0.3) is 0 Å². The van der Waals surface area contributed by atoms with Crippen molar-refractivity contribution < 1.29 is 14.3 Å². The lowest BCUT2D eigenvalue weighted by molar-refractivity contribution is 0.0904. The van der Waals surface area contributed by atoms with Gasteiger partial charge in [-0.2, -0.15) is 0 Å². The van der Waals surface area contributed by atoms with Crippen LogP contribution < -0.4 is 5.73 Å². The summed E-state index contributed by atoms with van der Waals surface area (Å²) < 4.78 is 5.47. The van der Waals surface area contributed by atoms with E-state index in [1.165, 1.54) is 0 Å². The van der Waals surface area contributed by atoms with Gasteiger partial charge in [0.15, 0.2) is 5.76 Å². The highest BCUT2D eigenvalue weighted by Crippen LogP contribution is 2.43. The van der Waals surface area contributed by atoms with Crippen LogP contribution in [-0.4, -0.2) is 11.0 Å². The van der Waals surface area contributed by atoms with E-state index in [2.05, 4.69) is 13.8 Å². The Morgan fingerprint density at radius 2 is 2.19 bits per heavy atom. The molecule has 1 amide bonds. The first-order valence-corrected chi connectivity index (χ1v) is 5.42. The molecule has 0 saturated heterocycles. The molecule has 88 valence electrons. The summed E-state index contributed by atoms with van der Waals surface area (Å²) in [5.41, 5.74) is 6.66. The van der Waals surface area contributed by atoms with Gasteiger partial charge in [0.2, 0.25) is 0 Å². The molecule has 1 atom stereocenters. The number of rotatable bonds is 1. The molecule has 0 bridgehead atoms. The van der Waals surface area contributed by atoms with Crippen molar-refractivity contribution in [2.45, 2.75) is 39.7 Å². The number of amides is 1. The van der Waals surface area contributed by atoms with Crippen molar-refractivity contribution >= 4 is 5.91 Å². The smallest absolute Gasteiger partial charge is 0.284 e. The molecular formula is C12H17NO3. The number of aliphatic hydroxyl groups is 1. The van der Waals surface area contributed by atoms with Crippen LogP contribution in [-0.2, 0) is 6.42 Å². The number of nitrogens with two attached hydrogens (primary N) is 1. The highest BCUT2D eigenvalue weighted by atomic mass is 16.4. The largest absolute Gasteiger partial charge is 0.455 e. The second kappa shape index (κ2) is 3.35. The molecule has 16 heavy (non-hydrogen) atoms. The molecule has 2 rings (SSSR count). The van der Waals surface area contributed by atoms with E-state index in [1.54, 1.807) is 6.92 Å². The fourth-order valence-corrected chi connectivity index (χ4v) is 2.52. The summed E-state index contributed by atoms with van der Waals surface area (Å²) in [6.07, 6.45) is 0.849. The fourth-order valence-electron chi connectivity index (χ4n) is 2.52. The molecule has 4 nitrogen and oxygen atoms in total. The standard InChI is InChI=1S/C12H17NO3/c1-6-9-7(14)4-12(2,3)5-8(9)16-10(6)11(13)15/h7,14H,4-5H2,1-3H3,(H2,13,15)/t7-/m1/s1. The number of furan rings is 1. The van der Waals surface area contributed by atoms with E-state index >= 15 is 0 Å². The van der Waals surface area contributed by atoms with Crippen LogP contribution in [0.4, 0.5) is 0 Å². The Balaban J connectivity index is 2.54. The van der Waals surface area contributed by atoms with Crippen LogP contribution in [0.2, 0.25) is 0 Å². The zero-order valence-corrected chi connectivity index (χ0v) is 9.83. The van der Waals surface area contributed by atoms with Gasteiger partial charge in [-0.25, -0.2) is 0 Å². The molecule has 0 fully saturated rings. The van der Waals surface area contributed by atoms with E-state index in [1.807, 2.05) is 0 Å². The average Bonchev–Trinajstić information content (AvgIpc) is 2.40. The summed E-state index contributed by atoms with van der Waals surface area (Å²) in [6, 6.07) is 0. The fraction of sp³-hybridized carbons (Fsp3) is 0.583. The van der Waals surface area contributed by atoms with E-state index in [0.717, 1.165) is 12.0 Å². The number of aliphatic hydroxyl groups excluding tert-OH is 1. The van der Waals surface area contributed by atoms with Gasteiger partial charge in [0.1, 0.15) is 5.76 Å². The highest BCUT2D eigenvalue weighted by Gasteiger charge is 2.36. The zero-order valence-electron chi connectivity index (χ0n) is 9.83. The normalized spacial score (nSPS) is 22.9. The Labute approximate surface area is 94.4 Å². The molecule has 0 unspecified atom stereocenters. The Kier molecular flexibility index (Phi) is 2.35. The summed E-state index contributed by atoms with van der Waals surface area (Å²) in [5, 5.41) is 10.1. The molecule has 0 saturated carbocycles. The third-order valence-electron chi connectivity index (χ3n) is 3.21. The average molecular weight is 223 g/mol. The van der Waals surface area contributed by atoms with Crippen molar-refractivity contribution in [2.24, 2.45) is 11.1 Å². The second-order valence-corrected chi connectivity index (χ2v) is 5.32. The summed E-state index contributed by atoms with van der Waals surface area (Å²) in [4.78, 5) is 11.2. The van der Waals surface area contributed by atoms with Crippen molar-refractivity contribution in [3.8, 4) is 0 Å². The van der Waals surface area contributed by atoms with Gasteiger partial charge in [-0.05, 0) is 18.8 Å². The van der Waals surface area contributed by atoms with Gasteiger partial charge in [0.25, 0.3) is 5.91 Å². The highest BCUT2D eigenvalue weighted by molar-refractivity contribution is 5.92. The molecule has 1 aromatic heterocycles. The van der Waals surface area contributed by atoms with Gasteiger partial charge in [-0.3, -0.25) is 4.79 Å². The molecule has 0 aliphatic heterocycles. The first-order chi connectivity index (χ1) is 7.32. The summed E-state index contributed by atoms with van der Waals surface area (Å²) in [7, 11) is 0. The number of fused-ring (bicyclic) bond motifs is 1. The Hall–Kier alpha value is -1.29. The summed E-state index contributed by atoms with van der Waals surface area (Å²) in [6.45, 7) is 5.91. The lowest BCUT2D eigenvalue weighted by Gasteiger charge is -2.31. The van der Waals surface area contributed by atoms with Crippen LogP contribution in [0.1, 0.15) is 53.8 Å². The number of primary amides is 1. The number of carbonyl (C=O) groups is 1. The monoisotopic (exact) mass is 223 g/mol. The van der Waals surface area contributed by atoms with Crippen molar-refractivity contribution in [3.05, 3.63) is 22.6 Å². The molecule has 4 heteroatoms. The predicted molar refractivity (Wildman–Crippen MR) is 59.0 cm³/mol. The lowest BCUT2D eigenvalue weighted by Crippen LogP contribution is -2.24. The molecule has 3 N–H and O–H groups in total. The molecular weight excluding hydrogens is 206 g/mol. The third kappa shape index (κ3) is 1.63. The van der Waals surface area contributed by atoms with Crippen molar-refractivity contribution in [1.82, 2.24) is 0 Å². The van der Waals surface area contributed by atoms with Crippen molar-refractivity contribution in [3.63, 3.8) is 0 Å². The summed E-state index contributed by atoms with van der Waals surface area (Å²) >= 11 is 0. The minimum atomic E-state index is -0.572. The van der Waals surface area contributed by atoms with Crippen LogP contribution in [0.5, 0.6) is 0 Å². The zero-order chi connectivity index (χ0) is 12.1. The van der Waals surface area contributed by atoms with Crippen LogP contribution in [0.15, 0.2) is 4.42 Å². The Bertz CT molecular complexity index is 445. The van der Waals surface area contributed by atoms with Gasteiger partial charge >= 0.3 is 0 Å². The van der Waals surface area contributed by atoms with Crippen LogP contribution >= 0.6 is 0 Å². The molecule has 0 spiro atoms. The van der Waals surface area contributed by atoms with Crippen LogP contribution in [0, 0.1) is 12.3 Å². The predicted octanol–water partition coefficient (Wildman–Crippen LogP) is 1.69. The summed E-state index contributed by atoms with van der Waals surface area (Å²) in [5.74, 6) is 0.314. The van der Waals surface area contributed by atoms with Gasteiger partial charge in [-0.15, -0.1) is 0 Å². The number of hydrogen-bond donors (Lipinski definition) is 2. The van der Waals surface area contributed by atoms with Crippen molar-refractivity contribution in [1.29, 1.82) is 0 Å². The second-order valence-electron chi connectivity index (χ2n) is 5.32. The first-order valence-electron chi connectivity index (χ1n) is 5.42. The molecule has 0 aromatic carbocycles. The SMILES string of the molecule is Cc1c(C(N)=O)oc2c1[C@H](O)CC(C)(C)C2. The van der Waals surface area contributed by atoms with Crippen LogP contribution in [0.3, 0.4) is 0 Å². The molecule has 1 aromatic rings. The maximum absolute atomic E-state index is 11.2. The first kappa shape index (κ1) is 11.2. The quantitative estimate of drug-likeness (QED) is 0.760. The Morgan fingerprint density at radius 3 is 2.75 bits per heavy atom. The van der Waals surface area contributed by atoms with Gasteiger partial charge in [0, 0.05) is 17.5 Å². The van der Waals surface area contributed by atoms with E-state index in [0.29, 0.717) is 17.7 Å². The van der Waals surface area contributed by atoms with Gasteiger partial charge < -0.3 is 15.3 Å². The van der Waals surface area contributed by atoms with Gasteiger partial charge in [0.05, 0.1) is 6.10 Å². The van der Waals surface area contributed by atoms with E-state index in [4.69, 9.17) is 10.2 Å².